The summed E-state index contributed by atoms with van der Waals surface area (Å²) in [5, 5.41) is 7.10. The summed E-state index contributed by atoms with van der Waals surface area (Å²) < 4.78 is 0. The van der Waals surface area contributed by atoms with Gasteiger partial charge in [-0.15, -0.1) is 0 Å². The summed E-state index contributed by atoms with van der Waals surface area (Å²) in [6.07, 6.45) is 2.74. The molecule has 2 nitrogen and oxygen atoms in total. The van der Waals surface area contributed by atoms with Crippen molar-refractivity contribution in [2.45, 2.75) is 39.7 Å². The lowest BCUT2D eigenvalue weighted by molar-refractivity contribution is 0.288. The Balaban J connectivity index is 2.11. The van der Waals surface area contributed by atoms with Crippen LogP contribution in [0.3, 0.4) is 0 Å². The normalized spacial score (nSPS) is 29.5. The first-order chi connectivity index (χ1) is 6.20. The summed E-state index contributed by atoms with van der Waals surface area (Å²) in [7, 11) is 0. The van der Waals surface area contributed by atoms with Gasteiger partial charge in [0.2, 0.25) is 0 Å². The summed E-state index contributed by atoms with van der Waals surface area (Å²) in [5.74, 6) is 1.60. The van der Waals surface area contributed by atoms with E-state index in [-0.39, 0.29) is 0 Å². The second kappa shape index (κ2) is 5.61. The van der Waals surface area contributed by atoms with E-state index in [9.17, 15) is 0 Å². The number of piperidine rings is 1. The van der Waals surface area contributed by atoms with Gasteiger partial charge in [0.05, 0.1) is 0 Å². The highest BCUT2D eigenvalue weighted by Gasteiger charge is 2.19. The molecule has 0 spiro atoms. The summed E-state index contributed by atoms with van der Waals surface area (Å²) in [4.78, 5) is 0. The van der Waals surface area contributed by atoms with Crippen LogP contribution in [0.5, 0.6) is 0 Å². The Morgan fingerprint density at radius 3 is 2.85 bits per heavy atom. The SMILES string of the molecule is CC(C)CNCC1NCCCC1C. The zero-order chi connectivity index (χ0) is 9.68. The third kappa shape index (κ3) is 4.10. The quantitative estimate of drug-likeness (QED) is 0.694. The molecule has 2 unspecified atom stereocenters. The largest absolute Gasteiger partial charge is 0.315 e. The Bertz CT molecular complexity index is 134. The van der Waals surface area contributed by atoms with Crippen molar-refractivity contribution in [3.05, 3.63) is 0 Å². The van der Waals surface area contributed by atoms with E-state index < -0.39 is 0 Å². The molecule has 0 aromatic carbocycles. The Kier molecular flexibility index (Phi) is 4.74. The molecular formula is C11H24N2. The first kappa shape index (κ1) is 11.0. The van der Waals surface area contributed by atoms with Gasteiger partial charge in [-0.2, -0.15) is 0 Å². The van der Waals surface area contributed by atoms with Crippen LogP contribution in [0.2, 0.25) is 0 Å². The van der Waals surface area contributed by atoms with E-state index in [4.69, 9.17) is 0 Å². The molecule has 1 fully saturated rings. The molecule has 1 heterocycles. The van der Waals surface area contributed by atoms with Crippen LogP contribution in [0.4, 0.5) is 0 Å². The predicted octanol–water partition coefficient (Wildman–Crippen LogP) is 1.62. The molecular weight excluding hydrogens is 160 g/mol. The Hall–Kier alpha value is -0.0800. The standard InChI is InChI=1S/C11H24N2/c1-9(2)7-12-8-11-10(3)5-4-6-13-11/h9-13H,4-8H2,1-3H3. The van der Waals surface area contributed by atoms with Crippen LogP contribution >= 0.6 is 0 Å². The highest BCUT2D eigenvalue weighted by Crippen LogP contribution is 2.14. The molecule has 0 aliphatic carbocycles. The van der Waals surface area contributed by atoms with Crippen molar-refractivity contribution in [2.24, 2.45) is 11.8 Å². The lowest BCUT2D eigenvalue weighted by atomic mass is 9.93. The fraction of sp³-hybridized carbons (Fsp3) is 1.00. The molecule has 0 saturated carbocycles. The maximum absolute atomic E-state index is 3.58. The second-order valence-corrected chi connectivity index (χ2v) is 4.73. The smallest absolute Gasteiger partial charge is 0.0218 e. The Morgan fingerprint density at radius 1 is 1.46 bits per heavy atom. The van der Waals surface area contributed by atoms with E-state index in [0.717, 1.165) is 24.9 Å². The number of hydrogen-bond acceptors (Lipinski definition) is 2. The molecule has 0 aromatic heterocycles. The van der Waals surface area contributed by atoms with Gasteiger partial charge in [0, 0.05) is 12.6 Å². The lowest BCUT2D eigenvalue weighted by Crippen LogP contribution is -2.47. The molecule has 1 saturated heterocycles. The van der Waals surface area contributed by atoms with E-state index in [2.05, 4.69) is 31.4 Å². The van der Waals surface area contributed by atoms with Crippen molar-refractivity contribution < 1.29 is 0 Å². The van der Waals surface area contributed by atoms with Gasteiger partial charge < -0.3 is 10.6 Å². The number of nitrogens with one attached hydrogen (secondary N) is 2. The number of hydrogen-bond donors (Lipinski definition) is 2. The van der Waals surface area contributed by atoms with Crippen molar-refractivity contribution in [1.82, 2.24) is 10.6 Å². The molecule has 2 heteroatoms. The third-order valence-corrected chi connectivity index (χ3v) is 2.85. The molecule has 13 heavy (non-hydrogen) atoms. The van der Waals surface area contributed by atoms with Gasteiger partial charge in [-0.3, -0.25) is 0 Å². The molecule has 0 radical (unpaired) electrons. The highest BCUT2D eigenvalue weighted by molar-refractivity contribution is 4.80. The van der Waals surface area contributed by atoms with E-state index >= 15 is 0 Å². The van der Waals surface area contributed by atoms with Crippen LogP contribution in [-0.2, 0) is 0 Å². The highest BCUT2D eigenvalue weighted by atomic mass is 15.0. The van der Waals surface area contributed by atoms with Crippen LogP contribution in [0.15, 0.2) is 0 Å². The van der Waals surface area contributed by atoms with Gasteiger partial charge in [-0.1, -0.05) is 20.8 Å². The summed E-state index contributed by atoms with van der Waals surface area (Å²) in [5.41, 5.74) is 0. The van der Waals surface area contributed by atoms with Crippen molar-refractivity contribution in [2.75, 3.05) is 19.6 Å². The van der Waals surface area contributed by atoms with Gasteiger partial charge in [0.25, 0.3) is 0 Å². The van der Waals surface area contributed by atoms with Gasteiger partial charge in [-0.25, -0.2) is 0 Å². The fourth-order valence-electron chi connectivity index (χ4n) is 1.91. The third-order valence-electron chi connectivity index (χ3n) is 2.85. The molecule has 0 aromatic rings. The van der Waals surface area contributed by atoms with Gasteiger partial charge >= 0.3 is 0 Å². The molecule has 0 amide bonds. The molecule has 1 rings (SSSR count). The average Bonchev–Trinajstić information content (AvgIpc) is 2.08. The molecule has 78 valence electrons. The van der Waals surface area contributed by atoms with E-state index in [1.165, 1.54) is 19.4 Å². The predicted molar refractivity (Wildman–Crippen MR) is 57.9 cm³/mol. The minimum atomic E-state index is 0.701. The van der Waals surface area contributed by atoms with E-state index in [1.807, 2.05) is 0 Å². The van der Waals surface area contributed by atoms with Crippen LogP contribution in [0, 0.1) is 11.8 Å². The minimum absolute atomic E-state index is 0.701. The van der Waals surface area contributed by atoms with Crippen molar-refractivity contribution in [1.29, 1.82) is 0 Å². The maximum Gasteiger partial charge on any atom is 0.0218 e. The topological polar surface area (TPSA) is 24.1 Å². The van der Waals surface area contributed by atoms with Crippen LogP contribution in [0.25, 0.3) is 0 Å². The van der Waals surface area contributed by atoms with Gasteiger partial charge in [0.1, 0.15) is 0 Å². The summed E-state index contributed by atoms with van der Waals surface area (Å²) >= 11 is 0. The first-order valence-corrected chi connectivity index (χ1v) is 5.64. The van der Waals surface area contributed by atoms with Crippen molar-refractivity contribution in [3.8, 4) is 0 Å². The van der Waals surface area contributed by atoms with Crippen molar-refractivity contribution >= 4 is 0 Å². The zero-order valence-corrected chi connectivity index (χ0v) is 9.27. The van der Waals surface area contributed by atoms with E-state index in [1.54, 1.807) is 0 Å². The monoisotopic (exact) mass is 184 g/mol. The average molecular weight is 184 g/mol. The fourth-order valence-corrected chi connectivity index (χ4v) is 1.91. The van der Waals surface area contributed by atoms with Crippen LogP contribution in [0.1, 0.15) is 33.6 Å². The van der Waals surface area contributed by atoms with Crippen molar-refractivity contribution in [3.63, 3.8) is 0 Å². The number of rotatable bonds is 4. The van der Waals surface area contributed by atoms with Crippen LogP contribution in [-0.4, -0.2) is 25.7 Å². The zero-order valence-electron chi connectivity index (χ0n) is 9.27. The van der Waals surface area contributed by atoms with Gasteiger partial charge in [-0.05, 0) is 37.8 Å². The summed E-state index contributed by atoms with van der Waals surface area (Å²) in [6.45, 7) is 10.4. The molecule has 2 atom stereocenters. The summed E-state index contributed by atoms with van der Waals surface area (Å²) in [6, 6.07) is 0.701. The molecule has 1 aliphatic heterocycles. The van der Waals surface area contributed by atoms with E-state index in [0.29, 0.717) is 6.04 Å². The Morgan fingerprint density at radius 2 is 2.23 bits per heavy atom. The minimum Gasteiger partial charge on any atom is -0.315 e. The second-order valence-electron chi connectivity index (χ2n) is 4.73. The maximum atomic E-state index is 3.58. The molecule has 1 aliphatic rings. The van der Waals surface area contributed by atoms with Gasteiger partial charge in [0.15, 0.2) is 0 Å². The van der Waals surface area contributed by atoms with Crippen LogP contribution < -0.4 is 10.6 Å². The Labute approximate surface area is 82.5 Å². The molecule has 0 bridgehead atoms. The first-order valence-electron chi connectivity index (χ1n) is 5.64. The lowest BCUT2D eigenvalue weighted by Gasteiger charge is -2.30. The molecule has 2 N–H and O–H groups in total.